The zero-order chi connectivity index (χ0) is 16.5. The van der Waals surface area contributed by atoms with Gasteiger partial charge in [-0.25, -0.2) is 0 Å². The highest BCUT2D eigenvalue weighted by Crippen LogP contribution is 2.12. The summed E-state index contributed by atoms with van der Waals surface area (Å²) in [5, 5.41) is 7.14. The lowest BCUT2D eigenvalue weighted by atomic mass is 10.2. The largest absolute Gasteiger partial charge is 0.497 e. The topological polar surface area (TPSA) is 59.9 Å². The number of benzene rings is 2. The average molecular weight is 333 g/mol. The molecule has 0 aliphatic heterocycles. The highest BCUT2D eigenvalue weighted by Gasteiger charge is 2.02. The van der Waals surface area contributed by atoms with Crippen LogP contribution in [-0.4, -0.2) is 25.8 Å². The number of nitrogens with zero attached hydrogens (tertiary/aromatic N) is 1. The number of carbonyl (C=O) groups is 1. The Morgan fingerprint density at radius 1 is 1.26 bits per heavy atom. The lowest BCUT2D eigenvalue weighted by molar-refractivity contribution is -0.125. The number of hydrogen-bond donors (Lipinski definition) is 1. The number of nitrogens with one attached hydrogen (secondary N) is 1. The summed E-state index contributed by atoms with van der Waals surface area (Å²) in [5.74, 6) is 0.502. The number of halogens is 1. The Hall–Kier alpha value is -2.53. The Morgan fingerprint density at radius 2 is 2.04 bits per heavy atom. The van der Waals surface area contributed by atoms with Gasteiger partial charge in [-0.2, -0.15) is 0 Å². The van der Waals surface area contributed by atoms with Gasteiger partial charge in [-0.1, -0.05) is 41.0 Å². The maximum atomic E-state index is 11.7. The summed E-state index contributed by atoms with van der Waals surface area (Å²) in [5.41, 5.74) is 1.79. The second-order valence-electron chi connectivity index (χ2n) is 4.69. The van der Waals surface area contributed by atoms with Crippen LogP contribution in [0.15, 0.2) is 53.7 Å². The summed E-state index contributed by atoms with van der Waals surface area (Å²) in [6, 6.07) is 14.6. The Bertz CT molecular complexity index is 672. The molecule has 0 radical (unpaired) electrons. The van der Waals surface area contributed by atoms with Crippen molar-refractivity contribution >= 4 is 23.7 Å². The van der Waals surface area contributed by atoms with Gasteiger partial charge >= 0.3 is 0 Å². The van der Waals surface area contributed by atoms with Crippen LogP contribution in [0, 0.1) is 0 Å². The number of methoxy groups -OCH3 is 1. The number of amides is 1. The molecule has 0 atom stereocenters. The van der Waals surface area contributed by atoms with Crippen molar-refractivity contribution in [3.05, 3.63) is 64.7 Å². The molecule has 0 saturated heterocycles. The minimum Gasteiger partial charge on any atom is -0.497 e. The van der Waals surface area contributed by atoms with Crippen molar-refractivity contribution in [2.24, 2.45) is 5.16 Å². The summed E-state index contributed by atoms with van der Waals surface area (Å²) >= 11 is 5.78. The van der Waals surface area contributed by atoms with Gasteiger partial charge in [0.15, 0.2) is 6.61 Å². The molecule has 5 nitrogen and oxygen atoms in total. The van der Waals surface area contributed by atoms with Crippen LogP contribution in [0.2, 0.25) is 5.02 Å². The fourth-order valence-electron chi connectivity index (χ4n) is 1.78. The molecule has 120 valence electrons. The number of oxime groups is 1. The van der Waals surface area contributed by atoms with Crippen molar-refractivity contribution in [3.63, 3.8) is 0 Å². The molecule has 0 aliphatic rings. The van der Waals surface area contributed by atoms with Crippen molar-refractivity contribution in [2.75, 3.05) is 13.7 Å². The highest BCUT2D eigenvalue weighted by molar-refractivity contribution is 6.30. The molecule has 0 fully saturated rings. The summed E-state index contributed by atoms with van der Waals surface area (Å²) in [6.07, 6.45) is 1.52. The molecule has 1 amide bonds. The van der Waals surface area contributed by atoms with Gasteiger partial charge in [0, 0.05) is 11.6 Å². The van der Waals surface area contributed by atoms with Crippen LogP contribution in [0.4, 0.5) is 0 Å². The second kappa shape index (κ2) is 8.80. The number of hydrogen-bond acceptors (Lipinski definition) is 4. The van der Waals surface area contributed by atoms with Gasteiger partial charge in [-0.3, -0.25) is 4.79 Å². The van der Waals surface area contributed by atoms with E-state index in [2.05, 4.69) is 10.5 Å². The van der Waals surface area contributed by atoms with Gasteiger partial charge < -0.3 is 14.9 Å². The molecule has 6 heteroatoms. The smallest absolute Gasteiger partial charge is 0.261 e. The molecule has 0 bridgehead atoms. The van der Waals surface area contributed by atoms with Gasteiger partial charge in [0.1, 0.15) is 5.75 Å². The van der Waals surface area contributed by atoms with Gasteiger partial charge in [0.25, 0.3) is 5.91 Å². The van der Waals surface area contributed by atoms with Gasteiger partial charge in [0.2, 0.25) is 0 Å². The van der Waals surface area contributed by atoms with Crippen molar-refractivity contribution in [1.29, 1.82) is 0 Å². The predicted octanol–water partition coefficient (Wildman–Crippen LogP) is 3.02. The van der Waals surface area contributed by atoms with Gasteiger partial charge in [0.05, 0.1) is 13.3 Å². The van der Waals surface area contributed by atoms with Crippen molar-refractivity contribution in [2.45, 2.75) is 6.54 Å². The minimum atomic E-state index is -0.249. The van der Waals surface area contributed by atoms with E-state index >= 15 is 0 Å². The predicted molar refractivity (Wildman–Crippen MR) is 89.8 cm³/mol. The SMILES string of the molecule is COc1cccc(CNC(=O)CO/N=C/c2ccc(Cl)cc2)c1. The molecule has 23 heavy (non-hydrogen) atoms. The van der Waals surface area contributed by atoms with Gasteiger partial charge in [-0.15, -0.1) is 0 Å². The Kier molecular flexibility index (Phi) is 6.44. The summed E-state index contributed by atoms with van der Waals surface area (Å²) in [4.78, 5) is 16.6. The normalized spacial score (nSPS) is 10.5. The molecular formula is C17H17ClN2O3. The summed E-state index contributed by atoms with van der Waals surface area (Å²) < 4.78 is 5.13. The van der Waals surface area contributed by atoms with E-state index in [0.29, 0.717) is 11.6 Å². The van der Waals surface area contributed by atoms with E-state index in [-0.39, 0.29) is 12.5 Å². The van der Waals surface area contributed by atoms with Crippen LogP contribution in [0.25, 0.3) is 0 Å². The molecule has 0 aliphatic carbocycles. The molecule has 0 heterocycles. The standard InChI is InChI=1S/C17H17ClN2O3/c1-22-16-4-2-3-14(9-16)10-19-17(21)12-23-20-11-13-5-7-15(18)8-6-13/h2-9,11H,10,12H2,1H3,(H,19,21)/b20-11+. The van der Waals surface area contributed by atoms with E-state index in [9.17, 15) is 4.79 Å². The third kappa shape index (κ3) is 6.00. The van der Waals surface area contributed by atoms with Crippen LogP contribution in [0.3, 0.4) is 0 Å². The Morgan fingerprint density at radius 3 is 2.78 bits per heavy atom. The quantitative estimate of drug-likeness (QED) is 0.626. The first-order chi connectivity index (χ1) is 11.2. The molecule has 0 unspecified atom stereocenters. The van der Waals surface area contributed by atoms with Crippen LogP contribution in [0.5, 0.6) is 5.75 Å². The average Bonchev–Trinajstić information content (AvgIpc) is 2.58. The zero-order valence-corrected chi connectivity index (χ0v) is 13.4. The monoisotopic (exact) mass is 332 g/mol. The first kappa shape index (κ1) is 16.8. The van der Waals surface area contributed by atoms with E-state index in [1.165, 1.54) is 6.21 Å². The van der Waals surface area contributed by atoms with Crippen LogP contribution >= 0.6 is 11.6 Å². The lowest BCUT2D eigenvalue weighted by Crippen LogP contribution is -2.26. The molecule has 1 N–H and O–H groups in total. The first-order valence-corrected chi connectivity index (χ1v) is 7.35. The number of rotatable bonds is 7. The van der Waals surface area contributed by atoms with Crippen LogP contribution < -0.4 is 10.1 Å². The van der Waals surface area contributed by atoms with E-state index < -0.39 is 0 Å². The van der Waals surface area contributed by atoms with Crippen LogP contribution in [-0.2, 0) is 16.2 Å². The fraction of sp³-hybridized carbons (Fsp3) is 0.176. The zero-order valence-electron chi connectivity index (χ0n) is 12.7. The molecule has 0 spiro atoms. The maximum Gasteiger partial charge on any atom is 0.261 e. The van der Waals surface area contributed by atoms with Gasteiger partial charge in [-0.05, 0) is 35.4 Å². The number of carbonyl (C=O) groups excluding carboxylic acids is 1. The molecule has 2 aromatic rings. The minimum absolute atomic E-state index is 0.145. The lowest BCUT2D eigenvalue weighted by Gasteiger charge is -2.06. The van der Waals surface area contributed by atoms with Crippen molar-refractivity contribution in [3.8, 4) is 5.75 Å². The van der Waals surface area contributed by atoms with E-state index in [1.807, 2.05) is 24.3 Å². The summed E-state index contributed by atoms with van der Waals surface area (Å²) in [7, 11) is 1.60. The molecule has 0 aromatic heterocycles. The fourth-order valence-corrected chi connectivity index (χ4v) is 1.90. The van der Waals surface area contributed by atoms with Crippen molar-refractivity contribution in [1.82, 2.24) is 5.32 Å². The van der Waals surface area contributed by atoms with E-state index in [4.69, 9.17) is 21.2 Å². The van der Waals surface area contributed by atoms with E-state index in [0.717, 1.165) is 16.9 Å². The molecular weight excluding hydrogens is 316 g/mol. The maximum absolute atomic E-state index is 11.7. The Balaban J connectivity index is 1.71. The third-order valence-electron chi connectivity index (χ3n) is 2.97. The molecule has 0 saturated carbocycles. The summed E-state index contributed by atoms with van der Waals surface area (Å²) in [6.45, 7) is 0.258. The molecule has 2 aromatic carbocycles. The van der Waals surface area contributed by atoms with E-state index in [1.54, 1.807) is 31.4 Å². The van der Waals surface area contributed by atoms with Crippen LogP contribution in [0.1, 0.15) is 11.1 Å². The van der Waals surface area contributed by atoms with Crippen molar-refractivity contribution < 1.29 is 14.4 Å². The Labute approximate surface area is 139 Å². The number of ether oxygens (including phenoxy) is 1. The third-order valence-corrected chi connectivity index (χ3v) is 3.22. The highest BCUT2D eigenvalue weighted by atomic mass is 35.5. The second-order valence-corrected chi connectivity index (χ2v) is 5.12. The molecule has 2 rings (SSSR count). The first-order valence-electron chi connectivity index (χ1n) is 6.98.